The first-order valence-corrected chi connectivity index (χ1v) is 8.84. The quantitative estimate of drug-likeness (QED) is 0.646. The van der Waals surface area contributed by atoms with Crippen molar-refractivity contribution in [2.45, 2.75) is 12.8 Å². The molecule has 3 aromatic rings. The zero-order valence-corrected chi connectivity index (χ0v) is 15.0. The molecular weight excluding hydrogens is 369 g/mol. The van der Waals surface area contributed by atoms with Crippen LogP contribution < -0.4 is 4.90 Å². The normalized spacial score (nSPS) is 16.7. The van der Waals surface area contributed by atoms with Crippen molar-refractivity contribution in [2.75, 3.05) is 11.4 Å². The Morgan fingerprint density at radius 3 is 2.67 bits per heavy atom. The molecule has 8 heteroatoms. The summed E-state index contributed by atoms with van der Waals surface area (Å²) < 4.78 is 13.6. The van der Waals surface area contributed by atoms with Crippen LogP contribution in [-0.4, -0.2) is 32.6 Å². The number of amides is 1. The van der Waals surface area contributed by atoms with Crippen molar-refractivity contribution in [2.24, 2.45) is 5.92 Å². The second-order valence-electron chi connectivity index (χ2n) is 6.33. The van der Waals surface area contributed by atoms with Crippen LogP contribution in [0.15, 0.2) is 49.1 Å². The summed E-state index contributed by atoms with van der Waals surface area (Å²) >= 11 is 5.61. The summed E-state index contributed by atoms with van der Waals surface area (Å²) in [5.74, 6) is -0.206. The van der Waals surface area contributed by atoms with E-state index < -0.39 is 5.82 Å². The Balaban J connectivity index is 1.47. The maximum absolute atomic E-state index is 13.6. The van der Waals surface area contributed by atoms with E-state index in [2.05, 4.69) is 20.2 Å². The van der Waals surface area contributed by atoms with Gasteiger partial charge in [0.05, 0.1) is 12.4 Å². The molecule has 0 unspecified atom stereocenters. The molecule has 3 aromatic heterocycles. The third kappa shape index (κ3) is 3.64. The van der Waals surface area contributed by atoms with Crippen LogP contribution >= 0.6 is 11.6 Å². The molecule has 6 nitrogen and oxygen atoms in total. The molecule has 1 aliphatic rings. The van der Waals surface area contributed by atoms with Crippen LogP contribution in [0.3, 0.4) is 0 Å². The Hall–Kier alpha value is -2.93. The lowest BCUT2D eigenvalue weighted by Gasteiger charge is -2.16. The summed E-state index contributed by atoms with van der Waals surface area (Å²) in [5.41, 5.74) is 2.47. The molecule has 0 aliphatic carbocycles. The van der Waals surface area contributed by atoms with E-state index in [4.69, 9.17) is 11.6 Å². The number of hydrogen-bond donors (Lipinski definition) is 0. The molecule has 27 heavy (non-hydrogen) atoms. The third-order valence-electron chi connectivity index (χ3n) is 4.59. The Morgan fingerprint density at radius 2 is 1.96 bits per heavy atom. The predicted molar refractivity (Wildman–Crippen MR) is 98.6 cm³/mol. The summed E-state index contributed by atoms with van der Waals surface area (Å²) in [6.45, 7) is 0.580. The molecule has 0 radical (unpaired) electrons. The van der Waals surface area contributed by atoms with Crippen LogP contribution in [0.25, 0.3) is 11.1 Å². The zero-order valence-electron chi connectivity index (χ0n) is 14.2. The number of aromatic nitrogens is 4. The fourth-order valence-corrected chi connectivity index (χ4v) is 3.29. The van der Waals surface area contributed by atoms with Crippen molar-refractivity contribution in [1.29, 1.82) is 0 Å². The lowest BCUT2D eigenvalue weighted by molar-refractivity contribution is -0.120. The Morgan fingerprint density at radius 1 is 1.11 bits per heavy atom. The number of hydrogen-bond acceptors (Lipinski definition) is 5. The summed E-state index contributed by atoms with van der Waals surface area (Å²) in [7, 11) is 0. The third-order valence-corrected chi connectivity index (χ3v) is 4.87. The van der Waals surface area contributed by atoms with Gasteiger partial charge in [0.1, 0.15) is 5.82 Å². The van der Waals surface area contributed by atoms with Gasteiger partial charge in [-0.15, -0.1) is 0 Å². The first kappa shape index (κ1) is 17.5. The minimum atomic E-state index is -0.570. The molecule has 136 valence electrons. The van der Waals surface area contributed by atoms with Crippen LogP contribution in [0, 0.1) is 11.7 Å². The highest BCUT2D eigenvalue weighted by Gasteiger charge is 2.33. The minimum Gasteiger partial charge on any atom is -0.297 e. The van der Waals surface area contributed by atoms with Crippen LogP contribution in [0.5, 0.6) is 0 Å². The number of halogens is 2. The van der Waals surface area contributed by atoms with Gasteiger partial charge in [0.2, 0.25) is 5.91 Å². The minimum absolute atomic E-state index is 0.0174. The molecule has 0 aromatic carbocycles. The van der Waals surface area contributed by atoms with Crippen molar-refractivity contribution in [3.63, 3.8) is 0 Å². The zero-order chi connectivity index (χ0) is 18.8. The SMILES string of the molecule is O=C1[C@H](Cc2cnc(Cl)c(F)c2)CCN1c1ccc(-c2ccnnc2)cn1. The van der Waals surface area contributed by atoms with Gasteiger partial charge in [-0.05, 0) is 42.7 Å². The summed E-state index contributed by atoms with van der Waals surface area (Å²) in [6.07, 6.45) is 7.61. The van der Waals surface area contributed by atoms with Crippen LogP contribution in [0.1, 0.15) is 12.0 Å². The van der Waals surface area contributed by atoms with Gasteiger partial charge < -0.3 is 0 Å². The van der Waals surface area contributed by atoms with Crippen LogP contribution in [-0.2, 0) is 11.2 Å². The molecule has 0 saturated carbocycles. The average molecular weight is 384 g/mol. The van der Waals surface area contributed by atoms with Gasteiger partial charge in [0, 0.05) is 36.0 Å². The van der Waals surface area contributed by atoms with Crippen molar-refractivity contribution in [1.82, 2.24) is 20.2 Å². The van der Waals surface area contributed by atoms with E-state index >= 15 is 0 Å². The summed E-state index contributed by atoms with van der Waals surface area (Å²) in [6, 6.07) is 6.90. The monoisotopic (exact) mass is 383 g/mol. The number of nitrogens with zero attached hydrogens (tertiary/aromatic N) is 5. The molecule has 1 amide bonds. The van der Waals surface area contributed by atoms with E-state index in [0.29, 0.717) is 30.8 Å². The van der Waals surface area contributed by atoms with Crippen molar-refractivity contribution < 1.29 is 9.18 Å². The van der Waals surface area contributed by atoms with Gasteiger partial charge in [-0.3, -0.25) is 9.69 Å². The van der Waals surface area contributed by atoms with Gasteiger partial charge in [0.25, 0.3) is 0 Å². The molecule has 1 aliphatic heterocycles. The van der Waals surface area contributed by atoms with E-state index in [1.807, 2.05) is 18.2 Å². The number of pyridine rings is 2. The van der Waals surface area contributed by atoms with Gasteiger partial charge in [-0.1, -0.05) is 11.6 Å². The largest absolute Gasteiger partial charge is 0.297 e. The smallest absolute Gasteiger partial charge is 0.231 e. The molecule has 1 saturated heterocycles. The fourth-order valence-electron chi connectivity index (χ4n) is 3.19. The van der Waals surface area contributed by atoms with Gasteiger partial charge in [0.15, 0.2) is 11.0 Å². The summed E-state index contributed by atoms with van der Waals surface area (Å²) in [4.78, 5) is 22.6. The highest BCUT2D eigenvalue weighted by atomic mass is 35.5. The lowest BCUT2D eigenvalue weighted by atomic mass is 9.99. The molecule has 4 rings (SSSR count). The molecule has 1 fully saturated rings. The molecular formula is C19H15ClFN5O. The molecule has 0 N–H and O–H groups in total. The number of anilines is 1. The average Bonchev–Trinajstić information content (AvgIpc) is 3.06. The standard InChI is InChI=1S/C19H15ClFN5O/c20-18-16(21)8-12(9-23-18)7-13-4-6-26(19(13)27)17-2-1-14(10-22-17)15-3-5-24-25-11-15/h1-3,5,8-11,13H,4,6-7H2/t13-/m0/s1. The Bertz CT molecular complexity index is 968. The fraction of sp³-hybridized carbons (Fsp3) is 0.211. The van der Waals surface area contributed by atoms with E-state index in [-0.39, 0.29) is 17.0 Å². The van der Waals surface area contributed by atoms with E-state index in [0.717, 1.165) is 11.1 Å². The second kappa shape index (κ2) is 7.36. The van der Waals surface area contributed by atoms with Crippen molar-refractivity contribution >= 4 is 23.3 Å². The first-order chi connectivity index (χ1) is 13.1. The molecule has 0 bridgehead atoms. The van der Waals surface area contributed by atoms with Crippen LogP contribution in [0.2, 0.25) is 5.15 Å². The van der Waals surface area contributed by atoms with E-state index in [1.54, 1.807) is 23.5 Å². The van der Waals surface area contributed by atoms with E-state index in [9.17, 15) is 9.18 Å². The van der Waals surface area contributed by atoms with Crippen LogP contribution in [0.4, 0.5) is 10.2 Å². The highest BCUT2D eigenvalue weighted by molar-refractivity contribution is 6.29. The van der Waals surface area contributed by atoms with E-state index in [1.165, 1.54) is 12.3 Å². The van der Waals surface area contributed by atoms with Gasteiger partial charge >= 0.3 is 0 Å². The first-order valence-electron chi connectivity index (χ1n) is 8.46. The van der Waals surface area contributed by atoms with Crippen molar-refractivity contribution in [3.05, 3.63) is 65.6 Å². The maximum atomic E-state index is 13.6. The molecule has 1 atom stereocenters. The molecule has 4 heterocycles. The number of carbonyl (C=O) groups excluding carboxylic acids is 1. The Kier molecular flexibility index (Phi) is 4.77. The predicted octanol–water partition coefficient (Wildman–Crippen LogP) is 3.32. The van der Waals surface area contributed by atoms with Crippen molar-refractivity contribution in [3.8, 4) is 11.1 Å². The van der Waals surface area contributed by atoms with Gasteiger partial charge in [-0.25, -0.2) is 14.4 Å². The topological polar surface area (TPSA) is 71.9 Å². The maximum Gasteiger partial charge on any atom is 0.231 e. The highest BCUT2D eigenvalue weighted by Crippen LogP contribution is 2.28. The molecule has 0 spiro atoms. The summed E-state index contributed by atoms with van der Waals surface area (Å²) in [5, 5.41) is 7.45. The van der Waals surface area contributed by atoms with Gasteiger partial charge in [-0.2, -0.15) is 10.2 Å². The number of rotatable bonds is 4. The number of carbonyl (C=O) groups is 1. The second-order valence-corrected chi connectivity index (χ2v) is 6.69. The lowest BCUT2D eigenvalue weighted by Crippen LogP contribution is -2.28. The Labute approximate surface area is 160 Å².